The summed E-state index contributed by atoms with van der Waals surface area (Å²) in [6, 6.07) is 3.38. The monoisotopic (exact) mass is 281 g/mol. The summed E-state index contributed by atoms with van der Waals surface area (Å²) < 4.78 is 0.686. The number of aromatic nitrogens is 2. The highest BCUT2D eigenvalue weighted by molar-refractivity contribution is 9.10. The average molecular weight is 282 g/mol. The number of imidazole rings is 1. The summed E-state index contributed by atoms with van der Waals surface area (Å²) in [5.41, 5.74) is 1.60. The van der Waals surface area contributed by atoms with Gasteiger partial charge in [-0.1, -0.05) is 6.58 Å². The van der Waals surface area contributed by atoms with Crippen LogP contribution < -0.4 is 11.0 Å². The molecule has 2 rings (SSSR count). The van der Waals surface area contributed by atoms with Gasteiger partial charge in [0, 0.05) is 4.47 Å². The van der Waals surface area contributed by atoms with Crippen molar-refractivity contribution in [1.82, 2.24) is 9.97 Å². The van der Waals surface area contributed by atoms with Crippen LogP contribution in [0.25, 0.3) is 11.0 Å². The van der Waals surface area contributed by atoms with E-state index in [9.17, 15) is 9.59 Å². The number of nitrogens with one attached hydrogen (secondary N) is 3. The number of carbonyl (C=O) groups excluding carboxylic acids is 1. The Balaban J connectivity index is 2.53. The average Bonchev–Trinajstić information content (AvgIpc) is 2.58. The van der Waals surface area contributed by atoms with Crippen LogP contribution in [0.3, 0.4) is 0 Å². The fraction of sp³-hybridized carbons (Fsp3) is 0. The van der Waals surface area contributed by atoms with Crippen molar-refractivity contribution in [2.45, 2.75) is 0 Å². The zero-order valence-electron chi connectivity index (χ0n) is 8.13. The van der Waals surface area contributed by atoms with E-state index in [1.165, 1.54) is 6.08 Å². The topological polar surface area (TPSA) is 77.8 Å². The maximum atomic E-state index is 11.1. The Bertz CT molecular complexity index is 627. The van der Waals surface area contributed by atoms with Gasteiger partial charge in [-0.3, -0.25) is 4.79 Å². The Morgan fingerprint density at radius 3 is 2.62 bits per heavy atom. The molecule has 82 valence electrons. The van der Waals surface area contributed by atoms with Crippen molar-refractivity contribution < 1.29 is 4.79 Å². The summed E-state index contributed by atoms with van der Waals surface area (Å²) >= 11 is 3.30. The van der Waals surface area contributed by atoms with E-state index in [-0.39, 0.29) is 11.6 Å². The van der Waals surface area contributed by atoms with E-state index in [1.807, 2.05) is 0 Å². The molecule has 3 N–H and O–H groups in total. The number of halogens is 1. The molecule has 0 fully saturated rings. The molecule has 1 heterocycles. The van der Waals surface area contributed by atoms with Gasteiger partial charge in [-0.2, -0.15) is 0 Å². The Kier molecular flexibility index (Phi) is 2.66. The van der Waals surface area contributed by atoms with Crippen LogP contribution in [0.4, 0.5) is 5.69 Å². The minimum atomic E-state index is -0.307. The fourth-order valence-corrected chi connectivity index (χ4v) is 1.78. The fourth-order valence-electron chi connectivity index (χ4n) is 1.34. The molecule has 16 heavy (non-hydrogen) atoms. The molecule has 0 aliphatic carbocycles. The molecule has 0 aliphatic heterocycles. The number of H-pyrrole nitrogens is 2. The Labute approximate surface area is 98.7 Å². The van der Waals surface area contributed by atoms with Crippen LogP contribution in [0.15, 0.2) is 34.1 Å². The highest BCUT2D eigenvalue weighted by Gasteiger charge is 2.06. The molecule has 0 atom stereocenters. The molecule has 1 amide bonds. The molecule has 0 aliphatic rings. The Hall–Kier alpha value is -1.82. The minimum absolute atomic E-state index is 0.283. The van der Waals surface area contributed by atoms with E-state index in [4.69, 9.17) is 0 Å². The van der Waals surface area contributed by atoms with Gasteiger partial charge in [0.2, 0.25) is 5.91 Å². The van der Waals surface area contributed by atoms with Crippen LogP contribution in [-0.2, 0) is 4.79 Å². The molecular weight excluding hydrogens is 274 g/mol. The first-order valence-electron chi connectivity index (χ1n) is 4.45. The number of anilines is 1. The maximum Gasteiger partial charge on any atom is 0.323 e. The van der Waals surface area contributed by atoms with E-state index in [0.717, 1.165) is 0 Å². The quantitative estimate of drug-likeness (QED) is 0.734. The number of hydrogen-bond acceptors (Lipinski definition) is 2. The van der Waals surface area contributed by atoms with Crippen LogP contribution in [0.1, 0.15) is 0 Å². The first kappa shape index (κ1) is 10.7. The molecule has 6 heteroatoms. The first-order valence-corrected chi connectivity index (χ1v) is 5.24. The van der Waals surface area contributed by atoms with Crippen molar-refractivity contribution >= 4 is 38.6 Å². The second kappa shape index (κ2) is 3.97. The van der Waals surface area contributed by atoms with Gasteiger partial charge in [-0.05, 0) is 34.1 Å². The van der Waals surface area contributed by atoms with E-state index in [0.29, 0.717) is 21.2 Å². The lowest BCUT2D eigenvalue weighted by Crippen LogP contribution is -2.07. The number of benzene rings is 1. The molecule has 0 radical (unpaired) electrons. The standard InChI is InChI=1S/C10H8BrN3O2/c1-2-9(15)12-6-4-8-7(3-5(6)11)13-10(16)14-8/h2-4H,1H2,(H,12,15)(H2,13,14,16). The van der Waals surface area contributed by atoms with Gasteiger partial charge >= 0.3 is 5.69 Å². The van der Waals surface area contributed by atoms with Crippen molar-refractivity contribution in [2.75, 3.05) is 5.32 Å². The first-order chi connectivity index (χ1) is 7.60. The van der Waals surface area contributed by atoms with Gasteiger partial charge in [0.15, 0.2) is 0 Å². The van der Waals surface area contributed by atoms with Crippen LogP contribution in [-0.4, -0.2) is 15.9 Å². The second-order valence-electron chi connectivity index (χ2n) is 3.15. The zero-order valence-corrected chi connectivity index (χ0v) is 9.72. The van der Waals surface area contributed by atoms with Crippen LogP contribution >= 0.6 is 15.9 Å². The van der Waals surface area contributed by atoms with Gasteiger partial charge < -0.3 is 15.3 Å². The predicted octanol–water partition coefficient (Wildman–Crippen LogP) is 1.74. The molecular formula is C10H8BrN3O2. The summed E-state index contributed by atoms with van der Waals surface area (Å²) in [5, 5.41) is 2.62. The van der Waals surface area contributed by atoms with E-state index < -0.39 is 0 Å². The smallest absolute Gasteiger partial charge is 0.321 e. The van der Waals surface area contributed by atoms with Crippen LogP contribution in [0.2, 0.25) is 0 Å². The molecule has 0 bridgehead atoms. The molecule has 0 saturated heterocycles. The maximum absolute atomic E-state index is 11.1. The Morgan fingerprint density at radius 2 is 2.00 bits per heavy atom. The van der Waals surface area contributed by atoms with Gasteiger partial charge in [0.05, 0.1) is 16.7 Å². The summed E-state index contributed by atoms with van der Waals surface area (Å²) in [6.07, 6.45) is 1.18. The van der Waals surface area contributed by atoms with Gasteiger partial charge in [0.25, 0.3) is 0 Å². The Morgan fingerprint density at radius 1 is 1.38 bits per heavy atom. The van der Waals surface area contributed by atoms with Crippen molar-refractivity contribution in [3.8, 4) is 0 Å². The minimum Gasteiger partial charge on any atom is -0.321 e. The largest absolute Gasteiger partial charge is 0.323 e. The summed E-state index contributed by atoms with van der Waals surface area (Å²) in [7, 11) is 0. The second-order valence-corrected chi connectivity index (χ2v) is 4.00. The highest BCUT2D eigenvalue weighted by Crippen LogP contribution is 2.26. The van der Waals surface area contributed by atoms with E-state index in [2.05, 4.69) is 37.8 Å². The lowest BCUT2D eigenvalue weighted by Gasteiger charge is -2.04. The molecule has 5 nitrogen and oxygen atoms in total. The zero-order chi connectivity index (χ0) is 11.7. The molecule has 1 aromatic heterocycles. The summed E-state index contributed by atoms with van der Waals surface area (Å²) in [6.45, 7) is 3.36. The molecule has 1 aromatic carbocycles. The number of carbonyl (C=O) groups is 1. The van der Waals surface area contributed by atoms with Crippen molar-refractivity contribution in [1.29, 1.82) is 0 Å². The predicted molar refractivity (Wildman–Crippen MR) is 65.4 cm³/mol. The van der Waals surface area contributed by atoms with Crippen molar-refractivity contribution in [2.24, 2.45) is 0 Å². The molecule has 2 aromatic rings. The lowest BCUT2D eigenvalue weighted by atomic mass is 10.2. The molecule has 0 spiro atoms. The summed E-state index contributed by atoms with van der Waals surface area (Å²) in [4.78, 5) is 27.4. The number of fused-ring (bicyclic) bond motifs is 1. The lowest BCUT2D eigenvalue weighted by molar-refractivity contribution is -0.111. The SMILES string of the molecule is C=CC(=O)Nc1cc2[nH]c(=O)[nH]c2cc1Br. The third kappa shape index (κ3) is 1.92. The normalized spacial score (nSPS) is 10.3. The molecule has 0 unspecified atom stereocenters. The van der Waals surface area contributed by atoms with Crippen LogP contribution in [0, 0.1) is 0 Å². The molecule has 0 saturated carbocycles. The number of hydrogen-bond donors (Lipinski definition) is 3. The third-order valence-corrected chi connectivity index (χ3v) is 2.70. The van der Waals surface area contributed by atoms with Crippen LogP contribution in [0.5, 0.6) is 0 Å². The number of aromatic amines is 2. The van der Waals surface area contributed by atoms with Gasteiger partial charge in [-0.25, -0.2) is 4.79 Å². The third-order valence-electron chi connectivity index (χ3n) is 2.05. The highest BCUT2D eigenvalue weighted by atomic mass is 79.9. The number of amides is 1. The van der Waals surface area contributed by atoms with Gasteiger partial charge in [-0.15, -0.1) is 0 Å². The van der Waals surface area contributed by atoms with E-state index >= 15 is 0 Å². The van der Waals surface area contributed by atoms with Crippen molar-refractivity contribution in [3.05, 3.63) is 39.7 Å². The summed E-state index contributed by atoms with van der Waals surface area (Å²) in [5.74, 6) is -0.307. The number of rotatable bonds is 2. The van der Waals surface area contributed by atoms with Gasteiger partial charge in [0.1, 0.15) is 0 Å². The van der Waals surface area contributed by atoms with E-state index in [1.54, 1.807) is 12.1 Å². The van der Waals surface area contributed by atoms with Crippen molar-refractivity contribution in [3.63, 3.8) is 0 Å².